The maximum absolute atomic E-state index is 12.3. The zero-order valence-corrected chi connectivity index (χ0v) is 13.3. The molecule has 0 spiro atoms. The van der Waals surface area contributed by atoms with Crippen LogP contribution in [0.3, 0.4) is 0 Å². The van der Waals surface area contributed by atoms with Crippen molar-refractivity contribution in [2.45, 2.75) is 51.9 Å². The van der Waals surface area contributed by atoms with Crippen LogP contribution in [-0.4, -0.2) is 36.0 Å². The summed E-state index contributed by atoms with van der Waals surface area (Å²) in [5.41, 5.74) is 0.824. The fourth-order valence-corrected chi connectivity index (χ4v) is 3.47. The molecule has 0 atom stereocenters. The third-order valence-corrected chi connectivity index (χ3v) is 5.04. The van der Waals surface area contributed by atoms with E-state index in [2.05, 4.69) is 14.9 Å². The van der Waals surface area contributed by atoms with Gasteiger partial charge in [0.2, 0.25) is 0 Å². The van der Waals surface area contributed by atoms with Crippen molar-refractivity contribution in [3.8, 4) is 0 Å². The van der Waals surface area contributed by atoms with Gasteiger partial charge in [0.05, 0.1) is 0 Å². The third kappa shape index (κ3) is 3.73. The number of rotatable bonds is 3. The van der Waals surface area contributed by atoms with Crippen LogP contribution in [0.2, 0.25) is 0 Å². The van der Waals surface area contributed by atoms with Gasteiger partial charge in [0.15, 0.2) is 5.82 Å². The lowest BCUT2D eigenvalue weighted by atomic mass is 9.92. The van der Waals surface area contributed by atoms with Crippen LogP contribution in [0.25, 0.3) is 0 Å². The van der Waals surface area contributed by atoms with Gasteiger partial charge < -0.3 is 0 Å². The second kappa shape index (κ2) is 5.73. The Kier molecular flexibility index (Phi) is 4.39. The molecule has 0 radical (unpaired) electrons. The summed E-state index contributed by atoms with van der Waals surface area (Å²) >= 11 is 0. The van der Waals surface area contributed by atoms with Crippen molar-refractivity contribution in [3.05, 3.63) is 11.8 Å². The quantitative estimate of drug-likeness (QED) is 0.898. The Hall–Kier alpha value is -1.08. The second-order valence-corrected chi connectivity index (χ2v) is 8.01. The molecule has 1 saturated heterocycles. The van der Waals surface area contributed by atoms with Crippen molar-refractivity contribution in [1.29, 1.82) is 0 Å². The SMILES string of the molecule is CC(C)(C)c1cc(NS(=O)(=O)N2CCCCCC2)n[nH]1. The Bertz CT molecular complexity index is 537. The molecular formula is C13H24N4O2S. The Morgan fingerprint density at radius 2 is 1.80 bits per heavy atom. The van der Waals surface area contributed by atoms with Crippen LogP contribution in [0.1, 0.15) is 52.1 Å². The van der Waals surface area contributed by atoms with E-state index in [-0.39, 0.29) is 5.41 Å². The summed E-state index contributed by atoms with van der Waals surface area (Å²) in [6.45, 7) is 7.33. The Balaban J connectivity index is 2.09. The lowest BCUT2D eigenvalue weighted by molar-refractivity contribution is 0.427. The van der Waals surface area contributed by atoms with Crippen molar-refractivity contribution < 1.29 is 8.42 Å². The highest BCUT2D eigenvalue weighted by Crippen LogP contribution is 2.23. The van der Waals surface area contributed by atoms with Gasteiger partial charge in [-0.15, -0.1) is 0 Å². The highest BCUT2D eigenvalue weighted by molar-refractivity contribution is 7.90. The molecule has 1 aliphatic rings. The molecule has 2 rings (SSSR count). The summed E-state index contributed by atoms with van der Waals surface area (Å²) in [5, 5.41) is 6.93. The van der Waals surface area contributed by atoms with E-state index in [1.54, 1.807) is 6.07 Å². The van der Waals surface area contributed by atoms with Crippen molar-refractivity contribution in [2.75, 3.05) is 17.8 Å². The number of nitrogens with zero attached hydrogens (tertiary/aromatic N) is 2. The number of hydrogen-bond donors (Lipinski definition) is 2. The predicted octanol–water partition coefficient (Wildman–Crippen LogP) is 2.24. The molecule has 2 heterocycles. The molecule has 0 unspecified atom stereocenters. The molecule has 0 amide bonds. The average molecular weight is 300 g/mol. The van der Waals surface area contributed by atoms with Crippen molar-refractivity contribution in [1.82, 2.24) is 14.5 Å². The van der Waals surface area contributed by atoms with Gasteiger partial charge in [-0.2, -0.15) is 17.8 Å². The molecule has 1 fully saturated rings. The number of aromatic nitrogens is 2. The monoisotopic (exact) mass is 300 g/mol. The van der Waals surface area contributed by atoms with Gasteiger partial charge in [-0.25, -0.2) is 0 Å². The van der Waals surface area contributed by atoms with Gasteiger partial charge in [0.1, 0.15) is 0 Å². The summed E-state index contributed by atoms with van der Waals surface area (Å²) in [4.78, 5) is 0. The maximum Gasteiger partial charge on any atom is 0.302 e. The van der Waals surface area contributed by atoms with Crippen LogP contribution in [-0.2, 0) is 15.6 Å². The van der Waals surface area contributed by atoms with E-state index in [0.717, 1.165) is 31.4 Å². The summed E-state index contributed by atoms with van der Waals surface area (Å²) in [6.07, 6.45) is 4.05. The van der Waals surface area contributed by atoms with Crippen LogP contribution in [0.15, 0.2) is 6.07 Å². The minimum atomic E-state index is -3.49. The predicted molar refractivity (Wildman–Crippen MR) is 79.9 cm³/mol. The first-order valence-electron chi connectivity index (χ1n) is 7.13. The lowest BCUT2D eigenvalue weighted by Crippen LogP contribution is -2.36. The summed E-state index contributed by atoms with van der Waals surface area (Å²) in [5.74, 6) is 0.360. The van der Waals surface area contributed by atoms with E-state index < -0.39 is 10.2 Å². The molecule has 1 aromatic heterocycles. The topological polar surface area (TPSA) is 78.1 Å². The van der Waals surface area contributed by atoms with E-state index in [1.165, 1.54) is 4.31 Å². The molecule has 2 N–H and O–H groups in total. The molecule has 6 nitrogen and oxygen atoms in total. The Morgan fingerprint density at radius 3 is 2.30 bits per heavy atom. The number of nitrogens with one attached hydrogen (secondary N) is 2. The molecule has 114 valence electrons. The second-order valence-electron chi connectivity index (χ2n) is 6.34. The van der Waals surface area contributed by atoms with Gasteiger partial charge in [0, 0.05) is 30.3 Å². The lowest BCUT2D eigenvalue weighted by Gasteiger charge is -2.19. The van der Waals surface area contributed by atoms with E-state index in [0.29, 0.717) is 18.9 Å². The Morgan fingerprint density at radius 1 is 1.20 bits per heavy atom. The van der Waals surface area contributed by atoms with Crippen LogP contribution in [0, 0.1) is 0 Å². The normalized spacial score (nSPS) is 18.8. The zero-order valence-electron chi connectivity index (χ0n) is 12.4. The molecular weight excluding hydrogens is 276 g/mol. The first kappa shape index (κ1) is 15.3. The number of anilines is 1. The summed E-state index contributed by atoms with van der Waals surface area (Å²) in [6, 6.07) is 1.76. The minimum absolute atomic E-state index is 0.0840. The molecule has 1 aromatic rings. The fraction of sp³-hybridized carbons (Fsp3) is 0.769. The van der Waals surface area contributed by atoms with Crippen molar-refractivity contribution >= 4 is 16.0 Å². The fourth-order valence-electron chi connectivity index (χ4n) is 2.24. The van der Waals surface area contributed by atoms with Crippen molar-refractivity contribution in [3.63, 3.8) is 0 Å². The highest BCUT2D eigenvalue weighted by atomic mass is 32.2. The van der Waals surface area contributed by atoms with Crippen LogP contribution in [0.5, 0.6) is 0 Å². The van der Waals surface area contributed by atoms with E-state index in [9.17, 15) is 8.42 Å². The van der Waals surface area contributed by atoms with E-state index >= 15 is 0 Å². The van der Waals surface area contributed by atoms with Gasteiger partial charge in [-0.05, 0) is 12.8 Å². The molecule has 20 heavy (non-hydrogen) atoms. The molecule has 0 bridgehead atoms. The van der Waals surface area contributed by atoms with Gasteiger partial charge in [-0.3, -0.25) is 9.82 Å². The number of H-pyrrole nitrogens is 1. The van der Waals surface area contributed by atoms with Crippen LogP contribution >= 0.6 is 0 Å². The minimum Gasteiger partial charge on any atom is -0.280 e. The molecule has 0 aliphatic carbocycles. The van der Waals surface area contributed by atoms with Crippen molar-refractivity contribution in [2.24, 2.45) is 0 Å². The van der Waals surface area contributed by atoms with E-state index in [4.69, 9.17) is 0 Å². The molecule has 0 saturated carbocycles. The van der Waals surface area contributed by atoms with Gasteiger partial charge >= 0.3 is 10.2 Å². The number of aromatic amines is 1. The van der Waals surface area contributed by atoms with E-state index in [1.807, 2.05) is 20.8 Å². The Labute approximate surface area is 121 Å². The summed E-state index contributed by atoms with van der Waals surface area (Å²) in [7, 11) is -3.49. The number of hydrogen-bond acceptors (Lipinski definition) is 3. The van der Waals surface area contributed by atoms with Gasteiger partial charge in [0.25, 0.3) is 0 Å². The largest absolute Gasteiger partial charge is 0.302 e. The average Bonchev–Trinajstić information content (AvgIpc) is 2.63. The zero-order chi connectivity index (χ0) is 14.8. The standard InChI is InChI=1S/C13H24N4O2S/c1-13(2,3)11-10-12(15-14-11)16-20(18,19)17-8-6-4-5-7-9-17/h10H,4-9H2,1-3H3,(H2,14,15,16). The molecule has 1 aliphatic heterocycles. The van der Waals surface area contributed by atoms with Crippen LogP contribution < -0.4 is 4.72 Å². The first-order valence-corrected chi connectivity index (χ1v) is 8.57. The van der Waals surface area contributed by atoms with Crippen LogP contribution in [0.4, 0.5) is 5.82 Å². The summed E-state index contributed by atoms with van der Waals surface area (Å²) < 4.78 is 28.7. The third-order valence-electron chi connectivity index (χ3n) is 3.52. The first-order chi connectivity index (χ1) is 9.29. The van der Waals surface area contributed by atoms with Gasteiger partial charge in [-0.1, -0.05) is 33.6 Å². The smallest absolute Gasteiger partial charge is 0.280 e. The highest BCUT2D eigenvalue weighted by Gasteiger charge is 2.24. The maximum atomic E-state index is 12.3. The molecule has 7 heteroatoms. The molecule has 0 aromatic carbocycles.